The number of nitrogens with one attached hydrogen (secondary N) is 2. The smallest absolute Gasteiger partial charge is 0.243 e. The fourth-order valence-electron chi connectivity index (χ4n) is 3.94. The molecule has 0 aliphatic carbocycles. The number of fused-ring (bicyclic) bond motifs is 1. The predicted molar refractivity (Wildman–Crippen MR) is 126 cm³/mol. The Balaban J connectivity index is 1.44. The van der Waals surface area contributed by atoms with Crippen molar-refractivity contribution in [3.63, 3.8) is 0 Å². The summed E-state index contributed by atoms with van der Waals surface area (Å²) in [5.74, 6) is 0.460. The van der Waals surface area contributed by atoms with Gasteiger partial charge in [-0.3, -0.25) is 4.79 Å². The Morgan fingerprint density at radius 1 is 1.16 bits per heavy atom. The molecule has 166 valence electrons. The number of pyridine rings is 1. The first-order chi connectivity index (χ1) is 15.4. The lowest BCUT2D eigenvalue weighted by Crippen LogP contribution is -2.51. The third-order valence-electron chi connectivity index (χ3n) is 5.78. The van der Waals surface area contributed by atoms with Gasteiger partial charge >= 0.3 is 0 Å². The molecule has 1 saturated heterocycles. The Labute approximate surface area is 188 Å². The number of amides is 1. The zero-order chi connectivity index (χ0) is 22.7. The lowest BCUT2D eigenvalue weighted by Gasteiger charge is -2.36. The summed E-state index contributed by atoms with van der Waals surface area (Å²) >= 11 is 0. The molecule has 0 bridgehead atoms. The molecular formula is C24H26N4O3S. The topological polar surface area (TPSA) is 91.4 Å². The van der Waals surface area contributed by atoms with Crippen molar-refractivity contribution in [2.24, 2.45) is 5.92 Å². The molecule has 2 unspecified atom stereocenters. The number of sulfonamides is 1. The molecule has 1 aliphatic heterocycles. The van der Waals surface area contributed by atoms with E-state index in [0.29, 0.717) is 25.3 Å². The second-order valence-electron chi connectivity index (χ2n) is 8.01. The van der Waals surface area contributed by atoms with Crippen LogP contribution >= 0.6 is 0 Å². The van der Waals surface area contributed by atoms with Crippen molar-refractivity contribution in [1.82, 2.24) is 14.6 Å². The fourth-order valence-corrected chi connectivity index (χ4v) is 5.50. The Hall–Kier alpha value is -3.23. The van der Waals surface area contributed by atoms with Crippen molar-refractivity contribution in [3.8, 4) is 0 Å². The molecule has 0 radical (unpaired) electrons. The summed E-state index contributed by atoms with van der Waals surface area (Å²) < 4.78 is 27.7. The molecule has 1 aliphatic rings. The number of hydrogen-bond acceptors (Lipinski definition) is 5. The van der Waals surface area contributed by atoms with E-state index in [9.17, 15) is 13.2 Å². The molecule has 4 rings (SSSR count). The van der Waals surface area contributed by atoms with Crippen LogP contribution in [0, 0.1) is 5.92 Å². The molecule has 1 amide bonds. The number of piperidine rings is 1. The summed E-state index contributed by atoms with van der Waals surface area (Å²) in [6, 6.07) is 16.6. The lowest BCUT2D eigenvalue weighted by molar-refractivity contribution is -0.117. The summed E-state index contributed by atoms with van der Waals surface area (Å²) in [6.07, 6.45) is 3.60. The van der Waals surface area contributed by atoms with Gasteiger partial charge in [-0.1, -0.05) is 37.8 Å². The largest absolute Gasteiger partial charge is 0.349 e. The van der Waals surface area contributed by atoms with E-state index in [-0.39, 0.29) is 22.8 Å². The number of hydrogen-bond donors (Lipinski definition) is 2. The molecule has 8 heteroatoms. The number of nitrogens with zero attached hydrogens (tertiary/aromatic N) is 2. The normalized spacial score (nSPS) is 19.4. The number of anilines is 2. The van der Waals surface area contributed by atoms with Crippen LogP contribution in [0.4, 0.5) is 11.5 Å². The zero-order valence-electron chi connectivity index (χ0n) is 17.9. The minimum Gasteiger partial charge on any atom is -0.349 e. The van der Waals surface area contributed by atoms with Crippen molar-refractivity contribution in [1.29, 1.82) is 0 Å². The van der Waals surface area contributed by atoms with E-state index in [1.165, 1.54) is 10.4 Å². The van der Waals surface area contributed by atoms with Gasteiger partial charge < -0.3 is 10.6 Å². The van der Waals surface area contributed by atoms with E-state index in [2.05, 4.69) is 22.2 Å². The number of rotatable bonds is 6. The molecule has 2 N–H and O–H groups in total. The highest BCUT2D eigenvalue weighted by atomic mass is 32.2. The standard InChI is InChI=1S/C24H26N4O3S/c1-3-24(29)27-22-12-13-28(16-17(22)2)32(30,31)21-10-8-20(9-11-21)26-23-14-18-6-4-5-7-19(18)15-25-23/h3-11,14-15,17,22H,1,12-13,16H2,2H3,(H,25,26)(H,27,29). The first kappa shape index (κ1) is 22.0. The fraction of sp³-hybridized carbons (Fsp3) is 0.250. The Morgan fingerprint density at radius 2 is 1.88 bits per heavy atom. The maximum absolute atomic E-state index is 13.1. The summed E-state index contributed by atoms with van der Waals surface area (Å²) in [7, 11) is -3.61. The monoisotopic (exact) mass is 450 g/mol. The van der Waals surface area contributed by atoms with Gasteiger partial charge in [0.15, 0.2) is 0 Å². The Morgan fingerprint density at radius 3 is 2.56 bits per heavy atom. The molecule has 3 aromatic rings. The molecule has 32 heavy (non-hydrogen) atoms. The van der Waals surface area contributed by atoms with E-state index in [1.54, 1.807) is 30.5 Å². The van der Waals surface area contributed by atoms with Crippen LogP contribution in [0.2, 0.25) is 0 Å². The molecule has 2 aromatic carbocycles. The van der Waals surface area contributed by atoms with Gasteiger partial charge in [0.05, 0.1) is 4.90 Å². The van der Waals surface area contributed by atoms with Crippen molar-refractivity contribution in [2.45, 2.75) is 24.3 Å². The van der Waals surface area contributed by atoms with E-state index in [1.807, 2.05) is 37.3 Å². The minimum absolute atomic E-state index is 0.00217. The van der Waals surface area contributed by atoms with Gasteiger partial charge in [0.1, 0.15) is 5.82 Å². The van der Waals surface area contributed by atoms with Crippen LogP contribution in [0.1, 0.15) is 13.3 Å². The van der Waals surface area contributed by atoms with E-state index < -0.39 is 10.0 Å². The molecule has 1 fully saturated rings. The van der Waals surface area contributed by atoms with Crippen LogP contribution in [-0.2, 0) is 14.8 Å². The van der Waals surface area contributed by atoms with Crippen molar-refractivity contribution in [3.05, 3.63) is 73.4 Å². The lowest BCUT2D eigenvalue weighted by atomic mass is 9.95. The van der Waals surface area contributed by atoms with Crippen molar-refractivity contribution < 1.29 is 13.2 Å². The molecule has 0 saturated carbocycles. The van der Waals surface area contributed by atoms with Gasteiger partial charge in [0, 0.05) is 36.4 Å². The average molecular weight is 451 g/mol. The van der Waals surface area contributed by atoms with Gasteiger partial charge in [0.25, 0.3) is 0 Å². The summed E-state index contributed by atoms with van der Waals surface area (Å²) in [6.45, 7) is 6.12. The summed E-state index contributed by atoms with van der Waals surface area (Å²) in [5, 5.41) is 8.23. The zero-order valence-corrected chi connectivity index (χ0v) is 18.7. The van der Waals surface area contributed by atoms with Crippen LogP contribution in [0.5, 0.6) is 0 Å². The molecule has 0 spiro atoms. The maximum atomic E-state index is 13.1. The molecular weight excluding hydrogens is 424 g/mol. The van der Waals surface area contributed by atoms with Gasteiger partial charge in [-0.2, -0.15) is 4.31 Å². The van der Waals surface area contributed by atoms with E-state index >= 15 is 0 Å². The maximum Gasteiger partial charge on any atom is 0.243 e. The third-order valence-corrected chi connectivity index (χ3v) is 7.66. The highest BCUT2D eigenvalue weighted by Gasteiger charge is 2.33. The van der Waals surface area contributed by atoms with Gasteiger partial charge in [-0.25, -0.2) is 13.4 Å². The second-order valence-corrected chi connectivity index (χ2v) is 9.95. The first-order valence-electron chi connectivity index (χ1n) is 10.5. The van der Waals surface area contributed by atoms with Crippen LogP contribution in [0.3, 0.4) is 0 Å². The van der Waals surface area contributed by atoms with Gasteiger partial charge in [-0.05, 0) is 54.1 Å². The summed E-state index contributed by atoms with van der Waals surface area (Å²) in [4.78, 5) is 16.2. The van der Waals surface area contributed by atoms with Crippen LogP contribution < -0.4 is 10.6 Å². The molecule has 1 aromatic heterocycles. The van der Waals surface area contributed by atoms with E-state index in [0.717, 1.165) is 16.5 Å². The Kier molecular flexibility index (Phi) is 6.25. The van der Waals surface area contributed by atoms with Crippen molar-refractivity contribution >= 4 is 38.2 Å². The second kappa shape index (κ2) is 9.10. The summed E-state index contributed by atoms with van der Waals surface area (Å²) in [5.41, 5.74) is 0.756. The number of carbonyl (C=O) groups is 1. The highest BCUT2D eigenvalue weighted by Crippen LogP contribution is 2.26. The minimum atomic E-state index is -3.61. The number of carbonyl (C=O) groups excluding carboxylic acids is 1. The van der Waals surface area contributed by atoms with Gasteiger partial charge in [-0.15, -0.1) is 0 Å². The number of aromatic nitrogens is 1. The third kappa shape index (κ3) is 4.66. The predicted octanol–water partition coefficient (Wildman–Crippen LogP) is 3.68. The van der Waals surface area contributed by atoms with Crippen LogP contribution in [0.15, 0.2) is 78.3 Å². The highest BCUT2D eigenvalue weighted by molar-refractivity contribution is 7.89. The molecule has 2 atom stereocenters. The molecule has 7 nitrogen and oxygen atoms in total. The SMILES string of the molecule is C=CC(=O)NC1CCN(S(=O)(=O)c2ccc(Nc3cc4ccccc4cn3)cc2)CC1C. The number of benzene rings is 2. The Bertz CT molecular complexity index is 1240. The van der Waals surface area contributed by atoms with Crippen molar-refractivity contribution in [2.75, 3.05) is 18.4 Å². The van der Waals surface area contributed by atoms with E-state index in [4.69, 9.17) is 0 Å². The van der Waals surface area contributed by atoms with Crippen LogP contribution in [-0.4, -0.2) is 42.7 Å². The molecule has 2 heterocycles. The van der Waals surface area contributed by atoms with Crippen LogP contribution in [0.25, 0.3) is 10.8 Å². The van der Waals surface area contributed by atoms with Gasteiger partial charge in [0.2, 0.25) is 15.9 Å². The first-order valence-corrected chi connectivity index (χ1v) is 12.0. The quantitative estimate of drug-likeness (QED) is 0.559. The average Bonchev–Trinajstić information content (AvgIpc) is 2.80.